The highest BCUT2D eigenvalue weighted by Gasteiger charge is 2.16. The molecule has 5 nitrogen and oxygen atoms in total. The van der Waals surface area contributed by atoms with Crippen molar-refractivity contribution in [2.24, 2.45) is 5.92 Å². The highest BCUT2D eigenvalue weighted by molar-refractivity contribution is 7.99. The first-order valence-electron chi connectivity index (χ1n) is 6.36. The van der Waals surface area contributed by atoms with Crippen molar-refractivity contribution in [3.8, 4) is 0 Å². The minimum absolute atomic E-state index is 0.159. The number of hydrogen-bond donors (Lipinski definition) is 2. The van der Waals surface area contributed by atoms with Gasteiger partial charge in [0, 0.05) is 19.2 Å². The molecule has 0 bridgehead atoms. The molecule has 1 amide bonds. The van der Waals surface area contributed by atoms with E-state index in [1.165, 1.54) is 24.3 Å². The third-order valence-electron chi connectivity index (χ3n) is 3.13. The van der Waals surface area contributed by atoms with Crippen LogP contribution in [0.25, 0.3) is 0 Å². The number of aromatic nitrogens is 2. The van der Waals surface area contributed by atoms with Crippen LogP contribution in [0.2, 0.25) is 0 Å². The predicted molar refractivity (Wildman–Crippen MR) is 74.3 cm³/mol. The maximum absolute atomic E-state index is 11.7. The zero-order valence-electron chi connectivity index (χ0n) is 10.5. The summed E-state index contributed by atoms with van der Waals surface area (Å²) in [6.45, 7) is 1.28. The predicted octanol–water partition coefficient (Wildman–Crippen LogP) is 1.11. The average molecular weight is 268 g/mol. The third-order valence-corrected chi connectivity index (χ3v) is 4.18. The molecule has 1 aromatic rings. The molecule has 0 aromatic carbocycles. The summed E-state index contributed by atoms with van der Waals surface area (Å²) in [6.07, 6.45) is 6.40. The second kappa shape index (κ2) is 6.68. The molecule has 1 aliphatic heterocycles. The van der Waals surface area contributed by atoms with E-state index in [0.717, 1.165) is 0 Å². The molecule has 18 heavy (non-hydrogen) atoms. The van der Waals surface area contributed by atoms with Gasteiger partial charge in [0.25, 0.3) is 0 Å². The summed E-state index contributed by atoms with van der Waals surface area (Å²) >= 11 is 1.99. The van der Waals surface area contributed by atoms with Crippen LogP contribution in [0.1, 0.15) is 19.3 Å². The van der Waals surface area contributed by atoms with E-state index in [1.807, 2.05) is 11.8 Å². The molecule has 0 saturated carbocycles. The summed E-state index contributed by atoms with van der Waals surface area (Å²) in [5.74, 6) is 3.13. The molecular formula is C12H20N4OS. The molecule has 1 aliphatic rings. The van der Waals surface area contributed by atoms with Gasteiger partial charge in [0.2, 0.25) is 5.91 Å². The Balaban J connectivity index is 1.62. The number of hydrogen-bond acceptors (Lipinski definition) is 4. The van der Waals surface area contributed by atoms with Crippen LogP contribution in [0.15, 0.2) is 12.4 Å². The topological polar surface area (TPSA) is 72.9 Å². The number of nitrogens with one attached hydrogen (secondary N) is 1. The summed E-state index contributed by atoms with van der Waals surface area (Å²) in [6, 6.07) is 0. The van der Waals surface area contributed by atoms with Gasteiger partial charge < -0.3 is 11.1 Å². The minimum Gasteiger partial charge on any atom is -0.396 e. The molecule has 100 valence electrons. The SMILES string of the molecule is Nc1cnn(CCNC(=O)CC2CCSCC2)c1. The first kappa shape index (κ1) is 13.3. The van der Waals surface area contributed by atoms with Gasteiger partial charge in [0.05, 0.1) is 18.4 Å². The quantitative estimate of drug-likeness (QED) is 0.839. The number of nitrogen functional groups attached to an aromatic ring is 1. The normalized spacial score (nSPS) is 16.7. The fourth-order valence-corrected chi connectivity index (χ4v) is 3.30. The molecule has 0 radical (unpaired) electrons. The van der Waals surface area contributed by atoms with Crippen molar-refractivity contribution in [2.75, 3.05) is 23.8 Å². The van der Waals surface area contributed by atoms with Gasteiger partial charge in [-0.25, -0.2) is 0 Å². The zero-order chi connectivity index (χ0) is 12.8. The number of anilines is 1. The van der Waals surface area contributed by atoms with Crippen molar-refractivity contribution in [2.45, 2.75) is 25.8 Å². The number of amides is 1. The van der Waals surface area contributed by atoms with Crippen LogP contribution in [0, 0.1) is 5.92 Å². The first-order chi connectivity index (χ1) is 8.74. The molecule has 0 unspecified atom stereocenters. The molecule has 2 heterocycles. The van der Waals surface area contributed by atoms with E-state index in [4.69, 9.17) is 5.73 Å². The van der Waals surface area contributed by atoms with Crippen LogP contribution in [-0.2, 0) is 11.3 Å². The van der Waals surface area contributed by atoms with E-state index < -0.39 is 0 Å². The van der Waals surface area contributed by atoms with Gasteiger partial charge in [0.15, 0.2) is 0 Å². The van der Waals surface area contributed by atoms with E-state index in [-0.39, 0.29) is 5.91 Å². The van der Waals surface area contributed by atoms with Crippen LogP contribution in [0.5, 0.6) is 0 Å². The van der Waals surface area contributed by atoms with Crippen molar-refractivity contribution in [1.29, 1.82) is 0 Å². The molecule has 0 atom stereocenters. The van der Waals surface area contributed by atoms with Crippen LogP contribution in [0.4, 0.5) is 5.69 Å². The van der Waals surface area contributed by atoms with E-state index >= 15 is 0 Å². The Kier molecular flexibility index (Phi) is 4.92. The van der Waals surface area contributed by atoms with Crippen molar-refractivity contribution < 1.29 is 4.79 Å². The second-order valence-electron chi connectivity index (χ2n) is 4.65. The lowest BCUT2D eigenvalue weighted by Gasteiger charge is -2.20. The third kappa shape index (κ3) is 4.25. The van der Waals surface area contributed by atoms with E-state index in [1.54, 1.807) is 17.1 Å². The summed E-state index contributed by atoms with van der Waals surface area (Å²) in [5.41, 5.74) is 6.21. The molecule has 6 heteroatoms. The zero-order valence-corrected chi connectivity index (χ0v) is 11.3. The molecule has 3 N–H and O–H groups in total. The van der Waals surface area contributed by atoms with Crippen LogP contribution in [-0.4, -0.2) is 33.7 Å². The number of carbonyl (C=O) groups is 1. The molecule has 0 aliphatic carbocycles. The minimum atomic E-state index is 0.159. The molecule has 1 saturated heterocycles. The Morgan fingerprint density at radius 1 is 1.56 bits per heavy atom. The fraction of sp³-hybridized carbons (Fsp3) is 0.667. The highest BCUT2D eigenvalue weighted by atomic mass is 32.2. The van der Waals surface area contributed by atoms with Crippen LogP contribution < -0.4 is 11.1 Å². The number of thioether (sulfide) groups is 1. The summed E-state index contributed by atoms with van der Waals surface area (Å²) in [5, 5.41) is 7.01. The van der Waals surface area contributed by atoms with Crippen molar-refractivity contribution in [1.82, 2.24) is 15.1 Å². The Bertz CT molecular complexity index is 387. The van der Waals surface area contributed by atoms with Crippen molar-refractivity contribution >= 4 is 23.4 Å². The summed E-state index contributed by atoms with van der Waals surface area (Å²) in [4.78, 5) is 11.7. The molecule has 0 spiro atoms. The molecule has 2 rings (SSSR count). The fourth-order valence-electron chi connectivity index (χ4n) is 2.10. The second-order valence-corrected chi connectivity index (χ2v) is 5.87. The van der Waals surface area contributed by atoms with Gasteiger partial charge in [-0.15, -0.1) is 0 Å². The number of nitrogens with two attached hydrogens (primary N) is 1. The van der Waals surface area contributed by atoms with Crippen molar-refractivity contribution in [3.63, 3.8) is 0 Å². The summed E-state index contributed by atoms with van der Waals surface area (Å²) < 4.78 is 1.74. The summed E-state index contributed by atoms with van der Waals surface area (Å²) in [7, 11) is 0. The number of rotatable bonds is 5. The monoisotopic (exact) mass is 268 g/mol. The van der Waals surface area contributed by atoms with Gasteiger partial charge in [-0.05, 0) is 30.3 Å². The number of nitrogens with zero attached hydrogens (tertiary/aromatic N) is 2. The van der Waals surface area contributed by atoms with E-state index in [0.29, 0.717) is 31.1 Å². The van der Waals surface area contributed by atoms with Gasteiger partial charge >= 0.3 is 0 Å². The van der Waals surface area contributed by atoms with Gasteiger partial charge in [-0.1, -0.05) is 0 Å². The van der Waals surface area contributed by atoms with Crippen LogP contribution in [0.3, 0.4) is 0 Å². The van der Waals surface area contributed by atoms with E-state index in [9.17, 15) is 4.79 Å². The Morgan fingerprint density at radius 3 is 3.00 bits per heavy atom. The molecule has 1 fully saturated rings. The molecule has 1 aromatic heterocycles. The maximum Gasteiger partial charge on any atom is 0.220 e. The average Bonchev–Trinajstić information content (AvgIpc) is 2.76. The largest absolute Gasteiger partial charge is 0.396 e. The van der Waals surface area contributed by atoms with Crippen molar-refractivity contribution in [3.05, 3.63) is 12.4 Å². The van der Waals surface area contributed by atoms with Crippen LogP contribution >= 0.6 is 11.8 Å². The Morgan fingerprint density at radius 2 is 2.33 bits per heavy atom. The maximum atomic E-state index is 11.7. The lowest BCUT2D eigenvalue weighted by atomic mass is 9.98. The first-order valence-corrected chi connectivity index (χ1v) is 7.52. The molecular weight excluding hydrogens is 248 g/mol. The lowest BCUT2D eigenvalue weighted by molar-refractivity contribution is -0.122. The number of carbonyl (C=O) groups excluding carboxylic acids is 1. The van der Waals surface area contributed by atoms with Gasteiger partial charge in [-0.2, -0.15) is 16.9 Å². The highest BCUT2D eigenvalue weighted by Crippen LogP contribution is 2.24. The lowest BCUT2D eigenvalue weighted by Crippen LogP contribution is -2.29. The van der Waals surface area contributed by atoms with Gasteiger partial charge in [0.1, 0.15) is 0 Å². The standard InChI is InChI=1S/C12H20N4OS/c13-11-8-15-16(9-11)4-3-14-12(17)7-10-1-5-18-6-2-10/h8-10H,1-7,13H2,(H,14,17). The Hall–Kier alpha value is -1.17. The van der Waals surface area contributed by atoms with Gasteiger partial charge in [-0.3, -0.25) is 9.48 Å². The van der Waals surface area contributed by atoms with E-state index in [2.05, 4.69) is 10.4 Å². The smallest absolute Gasteiger partial charge is 0.220 e. The Labute approximate surface area is 111 Å².